The molecule has 8 N–H and O–H groups in total. The van der Waals surface area contributed by atoms with Crippen LogP contribution in [0.5, 0.6) is 23.0 Å². The molecule has 516 valence electrons. The highest BCUT2D eigenvalue weighted by molar-refractivity contribution is 7.80. The molecule has 1 saturated heterocycles. The number of esters is 1. The molecule has 4 aliphatic heterocycles. The van der Waals surface area contributed by atoms with E-state index in [0.29, 0.717) is 126 Å². The van der Waals surface area contributed by atoms with Crippen LogP contribution in [0.3, 0.4) is 0 Å². The summed E-state index contributed by atoms with van der Waals surface area (Å²) < 4.78 is 42.7. The molecule has 0 unspecified atom stereocenters. The number of carbonyl (C=O) groups excluding carboxylic acids is 3. The summed E-state index contributed by atoms with van der Waals surface area (Å²) in [5, 5.41) is 67.6. The lowest BCUT2D eigenvalue weighted by molar-refractivity contribution is -0.140. The quantitative estimate of drug-likeness (QED) is 0.0182. The van der Waals surface area contributed by atoms with Crippen molar-refractivity contribution in [3.05, 3.63) is 131 Å². The van der Waals surface area contributed by atoms with E-state index in [9.17, 15) is 54.3 Å². The zero-order chi connectivity index (χ0) is 68.3. The molecule has 5 heterocycles. The van der Waals surface area contributed by atoms with Crippen molar-refractivity contribution in [3.63, 3.8) is 0 Å². The molecule has 1 spiro atoms. The second-order valence-corrected chi connectivity index (χ2v) is 23.7. The highest BCUT2D eigenvalue weighted by Gasteiger charge is 2.54. The fraction of sp³-hybridized carbons (Fsp3) is 0.418. The molecule has 0 saturated carbocycles. The Kier molecular flexibility index (Phi) is 24.8. The number of anilines is 2. The SMILES string of the molecule is O=C(O)CN1CCN(CC(=O)O)CCN(CC(=O)NCCOCCOCCOCCOCCOCCn2nnc3c2-c2ccccc2N(C(=O)CCNC(=S)Nc2ccc4c(c2)C(=O)OC42c4ccc(O)cc4Oc4cc(O)ccc42)Cc2ccccc2-3)CCN(CC(=O)O)CC1. The molecule has 0 bridgehead atoms. The number of carboxylic acid groups (broad SMARTS) is 3. The molecule has 1 aromatic heterocycles. The predicted octanol–water partition coefficient (Wildman–Crippen LogP) is 3.49. The number of hydrogen-bond acceptors (Lipinski definition) is 22. The van der Waals surface area contributed by atoms with Crippen molar-refractivity contribution >= 4 is 64.4 Å². The van der Waals surface area contributed by atoms with E-state index in [2.05, 4.69) is 26.3 Å². The van der Waals surface area contributed by atoms with Gasteiger partial charge >= 0.3 is 23.9 Å². The van der Waals surface area contributed by atoms with Crippen LogP contribution in [-0.2, 0) is 71.1 Å². The molecule has 5 aromatic carbocycles. The lowest BCUT2D eigenvalue weighted by Crippen LogP contribution is -2.50. The monoisotopic (exact) mass is 1360 g/mol. The van der Waals surface area contributed by atoms with Crippen LogP contribution in [0, 0.1) is 0 Å². The maximum Gasteiger partial charge on any atom is 0.340 e. The minimum atomic E-state index is -1.42. The van der Waals surface area contributed by atoms with E-state index in [1.54, 1.807) is 54.6 Å². The van der Waals surface area contributed by atoms with Crippen molar-refractivity contribution in [1.82, 2.24) is 45.2 Å². The summed E-state index contributed by atoms with van der Waals surface area (Å²) in [5.41, 5.74) is 5.54. The molecule has 2 amide bonds. The molecular formula is C67H79N11O18S. The Labute approximate surface area is 564 Å². The van der Waals surface area contributed by atoms with Gasteiger partial charge in [-0.25, -0.2) is 9.48 Å². The molecule has 4 aliphatic rings. The van der Waals surface area contributed by atoms with Crippen LogP contribution in [-0.4, -0.2) is 259 Å². The van der Waals surface area contributed by atoms with Gasteiger partial charge in [-0.3, -0.25) is 43.6 Å². The van der Waals surface area contributed by atoms with Crippen LogP contribution < -0.4 is 25.6 Å². The number of ether oxygens (including phenoxy) is 7. The number of nitrogens with one attached hydrogen (secondary N) is 3. The fourth-order valence-corrected chi connectivity index (χ4v) is 12.2. The Bertz CT molecular complexity index is 3700. The van der Waals surface area contributed by atoms with Gasteiger partial charge in [0.05, 0.1) is 122 Å². The Morgan fingerprint density at radius 1 is 0.557 bits per heavy atom. The van der Waals surface area contributed by atoms with Crippen molar-refractivity contribution in [1.29, 1.82) is 0 Å². The van der Waals surface area contributed by atoms with Gasteiger partial charge in [0.15, 0.2) is 10.7 Å². The molecule has 0 aliphatic carbocycles. The molecular weight excluding hydrogens is 1280 g/mol. The van der Waals surface area contributed by atoms with Gasteiger partial charge in [0, 0.05) is 118 Å². The first-order chi connectivity index (χ1) is 47.0. The Balaban J connectivity index is 0.611. The number of aromatic hydroxyl groups is 2. The molecule has 97 heavy (non-hydrogen) atoms. The zero-order valence-corrected chi connectivity index (χ0v) is 54.3. The number of aromatic nitrogens is 3. The number of phenolic OH excluding ortho intramolecular Hbond substituents is 2. The summed E-state index contributed by atoms with van der Waals surface area (Å²) in [6.07, 6.45) is 0.0746. The number of fused-ring (bicyclic) bond motifs is 11. The average molecular weight is 1360 g/mol. The second-order valence-electron chi connectivity index (χ2n) is 23.3. The van der Waals surface area contributed by atoms with Crippen molar-refractivity contribution in [2.45, 2.75) is 25.1 Å². The summed E-state index contributed by atoms with van der Waals surface area (Å²) in [7, 11) is 0. The predicted molar refractivity (Wildman–Crippen MR) is 355 cm³/mol. The number of benzene rings is 5. The maximum absolute atomic E-state index is 14.4. The first-order valence-electron chi connectivity index (χ1n) is 31.9. The third-order valence-electron chi connectivity index (χ3n) is 16.6. The molecule has 30 heteroatoms. The number of para-hydroxylation sites is 1. The van der Waals surface area contributed by atoms with Gasteiger partial charge in [-0.2, -0.15) is 0 Å². The van der Waals surface area contributed by atoms with Crippen LogP contribution >= 0.6 is 12.2 Å². The van der Waals surface area contributed by atoms with E-state index in [1.165, 1.54) is 24.3 Å². The Hall–Kier alpha value is -9.21. The summed E-state index contributed by atoms with van der Waals surface area (Å²) in [4.78, 5) is 84.4. The first kappa shape index (κ1) is 70.6. The molecule has 29 nitrogen and oxygen atoms in total. The number of aliphatic carboxylic acids is 3. The highest BCUT2D eigenvalue weighted by atomic mass is 32.1. The van der Waals surface area contributed by atoms with E-state index >= 15 is 0 Å². The van der Waals surface area contributed by atoms with Gasteiger partial charge in [0.25, 0.3) is 0 Å². The lowest BCUT2D eigenvalue weighted by Gasteiger charge is -2.36. The summed E-state index contributed by atoms with van der Waals surface area (Å²) in [6.45, 7) is 5.94. The van der Waals surface area contributed by atoms with Crippen LogP contribution in [0.15, 0.2) is 103 Å². The van der Waals surface area contributed by atoms with Gasteiger partial charge in [0.2, 0.25) is 11.8 Å². The zero-order valence-electron chi connectivity index (χ0n) is 53.4. The van der Waals surface area contributed by atoms with E-state index < -0.39 is 29.5 Å². The van der Waals surface area contributed by atoms with Crippen LogP contribution in [0.4, 0.5) is 11.4 Å². The average Bonchev–Trinajstić information content (AvgIpc) is 1.63. The number of thiocarbonyl (C=S) groups is 1. The van der Waals surface area contributed by atoms with Crippen molar-refractivity contribution in [3.8, 4) is 45.5 Å². The summed E-state index contributed by atoms with van der Waals surface area (Å²) >= 11 is 5.70. The second kappa shape index (κ2) is 34.1. The Morgan fingerprint density at radius 3 is 1.63 bits per heavy atom. The van der Waals surface area contributed by atoms with Gasteiger partial charge in [0.1, 0.15) is 28.7 Å². The number of amides is 2. The number of nitrogens with zero attached hydrogens (tertiary/aromatic N) is 8. The summed E-state index contributed by atoms with van der Waals surface area (Å²) in [5.74, 6) is -3.65. The van der Waals surface area contributed by atoms with Crippen molar-refractivity contribution < 1.29 is 87.5 Å². The van der Waals surface area contributed by atoms with E-state index in [-0.39, 0.29) is 131 Å². The number of hydrogen-bond donors (Lipinski definition) is 8. The van der Waals surface area contributed by atoms with Crippen LogP contribution in [0.2, 0.25) is 0 Å². The van der Waals surface area contributed by atoms with Crippen LogP contribution in [0.25, 0.3) is 22.5 Å². The smallest absolute Gasteiger partial charge is 0.340 e. The topological polar surface area (TPSA) is 351 Å². The van der Waals surface area contributed by atoms with Crippen molar-refractivity contribution in [2.75, 3.05) is 168 Å². The number of rotatable bonds is 30. The van der Waals surface area contributed by atoms with Gasteiger partial charge in [-0.1, -0.05) is 53.7 Å². The highest BCUT2D eigenvalue weighted by Crippen LogP contribution is 2.57. The van der Waals surface area contributed by atoms with Crippen LogP contribution in [0.1, 0.15) is 39.0 Å². The molecule has 6 aromatic rings. The number of carboxylic acids is 3. The van der Waals surface area contributed by atoms with Gasteiger partial charge in [-0.15, -0.1) is 5.10 Å². The van der Waals surface area contributed by atoms with Gasteiger partial charge in [-0.05, 0) is 60.2 Å². The molecule has 10 rings (SSSR count). The standard InChI is InChI=1S/C67H79N11O18S/c79-47-10-13-53-56(38-47)95-57-39-48(80)11-14-54(57)67(53)52-12-9-46(37-51(52)65(89)96-67)70-66(97)69-16-15-59(82)77-40-45-5-1-2-6-49(45)63-64(50-7-3-4-8-55(50)77)78(72-71-63)26-28-91-30-32-93-34-36-94-35-33-92-31-29-90-27-17-68-58(81)41-73-18-20-74(42-60(83)84)22-24-76(44-62(87)88)25-23-75(21-19-73)43-61(85)86/h1-14,37-39,79-80H,15-36,40-44H2,(H,68,81)(H,83,84)(H,85,86)(H,87,88)(H2,69,70,97). The third-order valence-corrected chi connectivity index (χ3v) is 16.9. The van der Waals surface area contributed by atoms with E-state index in [4.69, 9.17) is 45.4 Å². The largest absolute Gasteiger partial charge is 0.508 e. The Morgan fingerprint density at radius 2 is 1.06 bits per heavy atom. The van der Waals surface area contributed by atoms with Gasteiger partial charge < -0.3 is 79.5 Å². The lowest BCUT2D eigenvalue weighted by atomic mass is 9.77. The first-order valence-corrected chi connectivity index (χ1v) is 32.3. The minimum Gasteiger partial charge on any atom is -0.508 e. The third kappa shape index (κ3) is 18.7. The molecule has 1 fully saturated rings. The number of phenols is 2. The number of carbonyl (C=O) groups is 6. The summed E-state index contributed by atoms with van der Waals surface area (Å²) in [6, 6.07) is 29.8. The van der Waals surface area contributed by atoms with Crippen molar-refractivity contribution in [2.24, 2.45) is 0 Å². The molecule has 0 atom stereocenters. The fourth-order valence-electron chi connectivity index (χ4n) is 12.0. The van der Waals surface area contributed by atoms with E-state index in [0.717, 1.165) is 22.4 Å². The molecule has 0 radical (unpaired) electrons. The minimum absolute atomic E-state index is 0.00528. The maximum atomic E-state index is 14.4. The normalized spacial score (nSPS) is 15.5. The van der Waals surface area contributed by atoms with E-state index in [1.807, 2.05) is 53.4 Å².